The molecule has 1 saturated heterocycles. The topological polar surface area (TPSA) is 25.4 Å². The van der Waals surface area contributed by atoms with Crippen LogP contribution in [0.4, 0.5) is 5.69 Å². The first-order valence-corrected chi connectivity index (χ1v) is 5.96. The van der Waals surface area contributed by atoms with Gasteiger partial charge < -0.3 is 9.64 Å². The highest BCUT2D eigenvalue weighted by Crippen LogP contribution is 2.22. The molecule has 3 heteroatoms. The highest BCUT2D eigenvalue weighted by Gasteiger charge is 2.19. The van der Waals surface area contributed by atoms with Crippen LogP contribution in [0.25, 0.3) is 0 Å². The monoisotopic (exact) mass is 220 g/mol. The Morgan fingerprint density at radius 3 is 3.06 bits per heavy atom. The first-order chi connectivity index (χ1) is 7.79. The van der Waals surface area contributed by atoms with Gasteiger partial charge in [-0.1, -0.05) is 0 Å². The van der Waals surface area contributed by atoms with Crippen molar-refractivity contribution >= 4 is 5.69 Å². The zero-order chi connectivity index (χ0) is 11.4. The number of ether oxygens (including phenoxy) is 1. The van der Waals surface area contributed by atoms with E-state index in [0.717, 1.165) is 25.4 Å². The molecule has 3 nitrogen and oxygen atoms in total. The molecule has 1 aromatic heterocycles. The summed E-state index contributed by atoms with van der Waals surface area (Å²) in [6.07, 6.45) is 4.51. The molecule has 1 aromatic rings. The molecule has 1 aliphatic rings. The Labute approximate surface area is 97.4 Å². The average Bonchev–Trinajstić information content (AvgIpc) is 2.31. The summed E-state index contributed by atoms with van der Waals surface area (Å²) in [5.74, 6) is 0.667. The van der Waals surface area contributed by atoms with E-state index in [1.54, 1.807) is 7.11 Å². The molecular weight excluding hydrogens is 200 g/mol. The summed E-state index contributed by atoms with van der Waals surface area (Å²) >= 11 is 0. The molecule has 0 aromatic carbocycles. The maximum Gasteiger partial charge on any atom is 0.0553 e. The van der Waals surface area contributed by atoms with Crippen LogP contribution >= 0.6 is 0 Å². The van der Waals surface area contributed by atoms with E-state index in [2.05, 4.69) is 22.0 Å². The molecule has 0 saturated carbocycles. The minimum Gasteiger partial charge on any atom is -0.384 e. The van der Waals surface area contributed by atoms with Gasteiger partial charge in [0, 0.05) is 25.9 Å². The van der Waals surface area contributed by atoms with Gasteiger partial charge in [0.15, 0.2) is 0 Å². The largest absolute Gasteiger partial charge is 0.384 e. The van der Waals surface area contributed by atoms with Crippen LogP contribution in [0.3, 0.4) is 0 Å². The number of pyridine rings is 1. The maximum absolute atomic E-state index is 5.24. The summed E-state index contributed by atoms with van der Waals surface area (Å²) in [6, 6.07) is 4.24. The summed E-state index contributed by atoms with van der Waals surface area (Å²) in [6.45, 7) is 5.13. The molecule has 0 N–H and O–H groups in total. The van der Waals surface area contributed by atoms with Crippen LogP contribution < -0.4 is 4.90 Å². The van der Waals surface area contributed by atoms with Crippen molar-refractivity contribution in [2.75, 3.05) is 31.7 Å². The molecule has 1 aliphatic heterocycles. The van der Waals surface area contributed by atoms with Crippen molar-refractivity contribution in [3.63, 3.8) is 0 Å². The Morgan fingerprint density at radius 1 is 1.50 bits per heavy atom. The lowest BCUT2D eigenvalue weighted by atomic mass is 9.98. The average molecular weight is 220 g/mol. The molecule has 88 valence electrons. The molecule has 2 heterocycles. The Hall–Kier alpha value is -1.09. The quantitative estimate of drug-likeness (QED) is 0.781. The number of aromatic nitrogens is 1. The number of methoxy groups -OCH3 is 1. The number of hydrogen-bond donors (Lipinski definition) is 0. The van der Waals surface area contributed by atoms with Gasteiger partial charge in [-0.05, 0) is 37.8 Å². The van der Waals surface area contributed by atoms with Gasteiger partial charge >= 0.3 is 0 Å². The van der Waals surface area contributed by atoms with E-state index in [9.17, 15) is 0 Å². The van der Waals surface area contributed by atoms with Gasteiger partial charge in [0.25, 0.3) is 0 Å². The molecule has 1 unspecified atom stereocenters. The van der Waals surface area contributed by atoms with Crippen LogP contribution in [0.2, 0.25) is 0 Å². The molecule has 0 spiro atoms. The molecule has 1 fully saturated rings. The fourth-order valence-corrected chi connectivity index (χ4v) is 2.32. The van der Waals surface area contributed by atoms with Gasteiger partial charge in [0.2, 0.25) is 0 Å². The summed E-state index contributed by atoms with van der Waals surface area (Å²) in [7, 11) is 1.78. The van der Waals surface area contributed by atoms with Crippen LogP contribution in [0, 0.1) is 12.8 Å². The number of piperidine rings is 1. The minimum atomic E-state index is 0.667. The van der Waals surface area contributed by atoms with Gasteiger partial charge in [-0.2, -0.15) is 0 Å². The smallest absolute Gasteiger partial charge is 0.0553 e. The highest BCUT2D eigenvalue weighted by molar-refractivity contribution is 5.44. The molecule has 0 radical (unpaired) electrons. The third-order valence-corrected chi connectivity index (χ3v) is 3.18. The van der Waals surface area contributed by atoms with E-state index >= 15 is 0 Å². The highest BCUT2D eigenvalue weighted by atomic mass is 16.5. The zero-order valence-electron chi connectivity index (χ0n) is 10.1. The van der Waals surface area contributed by atoms with Crippen molar-refractivity contribution in [2.24, 2.45) is 5.92 Å². The van der Waals surface area contributed by atoms with Gasteiger partial charge in [-0.3, -0.25) is 4.98 Å². The number of aryl methyl sites for hydroxylation is 1. The molecule has 2 rings (SSSR count). The lowest BCUT2D eigenvalue weighted by molar-refractivity contribution is 0.143. The van der Waals surface area contributed by atoms with E-state index in [0.29, 0.717) is 5.92 Å². The minimum absolute atomic E-state index is 0.667. The van der Waals surface area contributed by atoms with Crippen molar-refractivity contribution in [3.05, 3.63) is 24.0 Å². The van der Waals surface area contributed by atoms with Crippen molar-refractivity contribution in [1.29, 1.82) is 0 Å². The van der Waals surface area contributed by atoms with E-state index in [1.807, 2.05) is 13.1 Å². The SMILES string of the molecule is COCC1CCCN(c2ccc(C)nc2)C1. The summed E-state index contributed by atoms with van der Waals surface area (Å²) in [5.41, 5.74) is 2.32. The van der Waals surface area contributed by atoms with Crippen LogP contribution in [-0.2, 0) is 4.74 Å². The fraction of sp³-hybridized carbons (Fsp3) is 0.615. The lowest BCUT2D eigenvalue weighted by Gasteiger charge is -2.33. The summed E-state index contributed by atoms with van der Waals surface area (Å²) in [4.78, 5) is 6.77. The van der Waals surface area contributed by atoms with Crippen LogP contribution in [0.15, 0.2) is 18.3 Å². The lowest BCUT2D eigenvalue weighted by Crippen LogP contribution is -2.37. The van der Waals surface area contributed by atoms with Crippen molar-refractivity contribution in [2.45, 2.75) is 19.8 Å². The molecule has 16 heavy (non-hydrogen) atoms. The third kappa shape index (κ3) is 2.73. The van der Waals surface area contributed by atoms with Gasteiger partial charge in [0.05, 0.1) is 18.5 Å². The third-order valence-electron chi connectivity index (χ3n) is 3.18. The first-order valence-electron chi connectivity index (χ1n) is 5.96. The normalized spacial score (nSPS) is 21.1. The molecule has 0 aliphatic carbocycles. The Balaban J connectivity index is 2.01. The molecule has 0 amide bonds. The van der Waals surface area contributed by atoms with Crippen LogP contribution in [0.5, 0.6) is 0 Å². The predicted molar refractivity (Wildman–Crippen MR) is 65.8 cm³/mol. The van der Waals surface area contributed by atoms with E-state index in [1.165, 1.54) is 18.5 Å². The van der Waals surface area contributed by atoms with E-state index in [4.69, 9.17) is 4.74 Å². The van der Waals surface area contributed by atoms with Crippen LogP contribution in [0.1, 0.15) is 18.5 Å². The standard InChI is InChI=1S/C13H20N2O/c1-11-5-6-13(8-14-11)15-7-3-4-12(9-15)10-16-2/h5-6,8,12H,3-4,7,9-10H2,1-2H3. The summed E-state index contributed by atoms with van der Waals surface area (Å²) < 4.78 is 5.24. The Morgan fingerprint density at radius 2 is 2.38 bits per heavy atom. The second kappa shape index (κ2) is 5.30. The molecule has 1 atom stereocenters. The molecular formula is C13H20N2O. The number of hydrogen-bond acceptors (Lipinski definition) is 3. The fourth-order valence-electron chi connectivity index (χ4n) is 2.32. The van der Waals surface area contributed by atoms with Gasteiger partial charge in [-0.15, -0.1) is 0 Å². The Bertz CT molecular complexity index is 321. The van der Waals surface area contributed by atoms with E-state index < -0.39 is 0 Å². The zero-order valence-corrected chi connectivity index (χ0v) is 10.1. The second-order valence-corrected chi connectivity index (χ2v) is 4.57. The first kappa shape index (κ1) is 11.4. The van der Waals surface area contributed by atoms with Gasteiger partial charge in [0.1, 0.15) is 0 Å². The Kier molecular flexibility index (Phi) is 3.78. The van der Waals surface area contributed by atoms with Crippen molar-refractivity contribution in [1.82, 2.24) is 4.98 Å². The van der Waals surface area contributed by atoms with Crippen LogP contribution in [-0.4, -0.2) is 31.8 Å². The van der Waals surface area contributed by atoms with Gasteiger partial charge in [-0.25, -0.2) is 0 Å². The number of nitrogens with zero attached hydrogens (tertiary/aromatic N) is 2. The molecule has 0 bridgehead atoms. The predicted octanol–water partition coefficient (Wildman–Crippen LogP) is 2.25. The van der Waals surface area contributed by atoms with E-state index in [-0.39, 0.29) is 0 Å². The number of anilines is 1. The van der Waals surface area contributed by atoms with Crippen molar-refractivity contribution < 1.29 is 4.74 Å². The maximum atomic E-state index is 5.24. The summed E-state index contributed by atoms with van der Waals surface area (Å²) in [5, 5.41) is 0. The van der Waals surface area contributed by atoms with Crippen molar-refractivity contribution in [3.8, 4) is 0 Å². The second-order valence-electron chi connectivity index (χ2n) is 4.57. The number of rotatable bonds is 3.